The first kappa shape index (κ1) is 18.9. The standard InChI is InChI=1S/C19H28N2O5S/c1-3-13(4-2)11-21-12-19-6-5-14(26-19)15(16(19)18(21)23)17(22)20-7-9-27(24,25)10-8-20/h5-6,13-16H,3-4,7-12H2,1-2H3/t14-,15-,16-,19-/m0/s1. The number of hydrogen-bond acceptors (Lipinski definition) is 5. The molecule has 0 radical (unpaired) electrons. The van der Waals surface area contributed by atoms with Crippen molar-refractivity contribution in [3.05, 3.63) is 12.2 Å². The molecular weight excluding hydrogens is 368 g/mol. The van der Waals surface area contributed by atoms with Gasteiger partial charge in [-0.1, -0.05) is 38.8 Å². The van der Waals surface area contributed by atoms with Crippen LogP contribution in [0.4, 0.5) is 0 Å². The molecule has 0 aromatic rings. The summed E-state index contributed by atoms with van der Waals surface area (Å²) in [5.74, 6) is -0.690. The lowest BCUT2D eigenvalue weighted by atomic mass is 9.76. The Kier molecular flexibility index (Phi) is 4.62. The van der Waals surface area contributed by atoms with Gasteiger partial charge in [-0.25, -0.2) is 8.42 Å². The Morgan fingerprint density at radius 3 is 2.59 bits per heavy atom. The van der Waals surface area contributed by atoms with Gasteiger partial charge in [0.2, 0.25) is 11.8 Å². The van der Waals surface area contributed by atoms with E-state index < -0.39 is 27.3 Å². The van der Waals surface area contributed by atoms with Crippen LogP contribution in [-0.4, -0.2) is 79.4 Å². The summed E-state index contributed by atoms with van der Waals surface area (Å²) in [4.78, 5) is 29.8. The molecule has 4 aliphatic rings. The van der Waals surface area contributed by atoms with Crippen LogP contribution >= 0.6 is 0 Å². The van der Waals surface area contributed by atoms with Gasteiger partial charge < -0.3 is 14.5 Å². The molecule has 0 aromatic heterocycles. The quantitative estimate of drug-likeness (QED) is 0.631. The summed E-state index contributed by atoms with van der Waals surface area (Å²) >= 11 is 0. The van der Waals surface area contributed by atoms with E-state index in [1.165, 1.54) is 0 Å². The van der Waals surface area contributed by atoms with Crippen molar-refractivity contribution in [2.45, 2.75) is 38.4 Å². The predicted molar refractivity (Wildman–Crippen MR) is 99.6 cm³/mol. The minimum absolute atomic E-state index is 0.00260. The second kappa shape index (κ2) is 6.58. The lowest BCUT2D eigenvalue weighted by Crippen LogP contribution is -2.50. The number of carbonyl (C=O) groups excluding carboxylic acids is 2. The zero-order valence-corrected chi connectivity index (χ0v) is 16.8. The number of ether oxygens (including phenoxy) is 1. The van der Waals surface area contributed by atoms with E-state index in [0.717, 1.165) is 12.8 Å². The zero-order valence-electron chi connectivity index (χ0n) is 16.0. The minimum Gasteiger partial charge on any atom is -0.360 e. The SMILES string of the molecule is CCC(CC)CN1C[C@]23C=C[C@H](O2)[C@H](C(=O)N2CCS(=O)(=O)CC2)[C@H]3C1=O. The van der Waals surface area contributed by atoms with Crippen LogP contribution in [0.3, 0.4) is 0 Å². The number of carbonyl (C=O) groups is 2. The third-order valence-electron chi connectivity index (χ3n) is 6.75. The number of rotatable bonds is 5. The van der Waals surface area contributed by atoms with Crippen LogP contribution in [0.25, 0.3) is 0 Å². The number of likely N-dealkylation sites (tertiary alicyclic amines) is 1. The van der Waals surface area contributed by atoms with E-state index in [9.17, 15) is 18.0 Å². The number of nitrogens with zero attached hydrogens (tertiary/aromatic N) is 2. The van der Waals surface area contributed by atoms with Gasteiger partial charge in [-0.3, -0.25) is 9.59 Å². The summed E-state index contributed by atoms with van der Waals surface area (Å²) in [6.45, 7) is 5.89. The van der Waals surface area contributed by atoms with Gasteiger partial charge in [0.15, 0.2) is 9.84 Å². The first-order valence-corrected chi connectivity index (χ1v) is 11.8. The predicted octanol–water partition coefficient (Wildman–Crippen LogP) is 0.462. The highest BCUT2D eigenvalue weighted by Crippen LogP contribution is 2.52. The van der Waals surface area contributed by atoms with E-state index in [0.29, 0.717) is 19.0 Å². The normalized spacial score (nSPS) is 36.7. The molecule has 0 aromatic carbocycles. The van der Waals surface area contributed by atoms with E-state index in [2.05, 4.69) is 13.8 Å². The van der Waals surface area contributed by atoms with Crippen LogP contribution in [0, 0.1) is 17.8 Å². The Labute approximate surface area is 160 Å². The van der Waals surface area contributed by atoms with Gasteiger partial charge in [0.05, 0.1) is 36.0 Å². The fourth-order valence-electron chi connectivity index (χ4n) is 5.02. The highest BCUT2D eigenvalue weighted by molar-refractivity contribution is 7.91. The van der Waals surface area contributed by atoms with Crippen molar-refractivity contribution in [1.82, 2.24) is 9.80 Å². The molecule has 3 saturated heterocycles. The minimum atomic E-state index is -3.06. The third-order valence-corrected chi connectivity index (χ3v) is 8.36. The number of amides is 2. The van der Waals surface area contributed by atoms with Crippen molar-refractivity contribution in [2.24, 2.45) is 17.8 Å². The molecule has 2 bridgehead atoms. The van der Waals surface area contributed by atoms with Crippen molar-refractivity contribution in [2.75, 3.05) is 37.7 Å². The molecule has 4 aliphatic heterocycles. The maximum Gasteiger partial charge on any atom is 0.230 e. The molecule has 0 N–H and O–H groups in total. The highest BCUT2D eigenvalue weighted by atomic mass is 32.2. The van der Waals surface area contributed by atoms with Crippen molar-refractivity contribution in [3.63, 3.8) is 0 Å². The van der Waals surface area contributed by atoms with Gasteiger partial charge in [0.1, 0.15) is 5.60 Å². The number of sulfone groups is 1. The summed E-state index contributed by atoms with van der Waals surface area (Å²) in [7, 11) is -3.06. The summed E-state index contributed by atoms with van der Waals surface area (Å²) in [6.07, 6.45) is 5.54. The van der Waals surface area contributed by atoms with E-state index in [1.54, 1.807) is 4.90 Å². The monoisotopic (exact) mass is 396 g/mol. The van der Waals surface area contributed by atoms with E-state index in [-0.39, 0.29) is 42.5 Å². The van der Waals surface area contributed by atoms with E-state index in [1.807, 2.05) is 17.1 Å². The van der Waals surface area contributed by atoms with Gasteiger partial charge in [0.25, 0.3) is 0 Å². The van der Waals surface area contributed by atoms with Gasteiger partial charge in [-0.05, 0) is 5.92 Å². The first-order chi connectivity index (χ1) is 12.8. The average Bonchev–Trinajstić information content (AvgIpc) is 3.27. The smallest absolute Gasteiger partial charge is 0.230 e. The largest absolute Gasteiger partial charge is 0.360 e. The molecule has 27 heavy (non-hydrogen) atoms. The Bertz CT molecular complexity index is 761. The highest BCUT2D eigenvalue weighted by Gasteiger charge is 2.67. The summed E-state index contributed by atoms with van der Waals surface area (Å²) in [5.41, 5.74) is -0.685. The van der Waals surface area contributed by atoms with Crippen LogP contribution in [0.2, 0.25) is 0 Å². The van der Waals surface area contributed by atoms with Gasteiger partial charge in [0, 0.05) is 19.6 Å². The molecule has 0 unspecified atom stereocenters. The Morgan fingerprint density at radius 1 is 1.30 bits per heavy atom. The van der Waals surface area contributed by atoms with Crippen LogP contribution in [0.1, 0.15) is 26.7 Å². The Morgan fingerprint density at radius 2 is 1.96 bits per heavy atom. The topological polar surface area (TPSA) is 84.0 Å². The molecule has 0 saturated carbocycles. The summed E-state index contributed by atoms with van der Waals surface area (Å²) in [5, 5.41) is 0. The second-order valence-electron chi connectivity index (χ2n) is 8.28. The van der Waals surface area contributed by atoms with Crippen molar-refractivity contribution in [1.29, 1.82) is 0 Å². The maximum absolute atomic E-state index is 13.2. The molecule has 7 nitrogen and oxygen atoms in total. The Balaban J connectivity index is 1.53. The average molecular weight is 397 g/mol. The van der Waals surface area contributed by atoms with E-state index >= 15 is 0 Å². The first-order valence-electron chi connectivity index (χ1n) is 9.95. The molecule has 3 fully saturated rings. The summed E-state index contributed by atoms with van der Waals surface area (Å²) in [6, 6.07) is 0. The molecule has 4 atom stereocenters. The third kappa shape index (κ3) is 3.01. The molecule has 1 spiro atoms. The van der Waals surface area contributed by atoms with E-state index in [4.69, 9.17) is 4.74 Å². The van der Waals surface area contributed by atoms with Crippen molar-refractivity contribution in [3.8, 4) is 0 Å². The van der Waals surface area contributed by atoms with Crippen LogP contribution in [0.15, 0.2) is 12.2 Å². The molecule has 8 heteroatoms. The second-order valence-corrected chi connectivity index (χ2v) is 10.6. The Hall–Kier alpha value is -1.41. The molecular formula is C19H28N2O5S. The lowest BCUT2D eigenvalue weighted by Gasteiger charge is -2.32. The fraction of sp³-hybridized carbons (Fsp3) is 0.789. The number of fused-ring (bicyclic) bond motifs is 1. The maximum atomic E-state index is 13.2. The summed E-state index contributed by atoms with van der Waals surface area (Å²) < 4.78 is 29.5. The van der Waals surface area contributed by atoms with Gasteiger partial charge in [-0.2, -0.15) is 0 Å². The van der Waals surface area contributed by atoms with Crippen LogP contribution < -0.4 is 0 Å². The van der Waals surface area contributed by atoms with Crippen molar-refractivity contribution >= 4 is 21.7 Å². The van der Waals surface area contributed by atoms with Gasteiger partial charge in [-0.15, -0.1) is 0 Å². The van der Waals surface area contributed by atoms with Crippen LogP contribution in [-0.2, 0) is 24.2 Å². The van der Waals surface area contributed by atoms with Crippen LogP contribution in [0.5, 0.6) is 0 Å². The molecule has 4 rings (SSSR count). The van der Waals surface area contributed by atoms with Crippen molar-refractivity contribution < 1.29 is 22.7 Å². The lowest BCUT2D eigenvalue weighted by molar-refractivity contribution is -0.143. The molecule has 150 valence electrons. The molecule has 2 amide bonds. The zero-order chi connectivity index (χ0) is 19.4. The molecule has 0 aliphatic carbocycles. The van der Waals surface area contributed by atoms with Gasteiger partial charge >= 0.3 is 0 Å². The molecule has 4 heterocycles. The number of hydrogen-bond donors (Lipinski definition) is 0. The fourth-order valence-corrected chi connectivity index (χ4v) is 6.22.